The Bertz CT molecular complexity index is 369. The third kappa shape index (κ3) is 4.82. The summed E-state index contributed by atoms with van der Waals surface area (Å²) in [5, 5.41) is 12.3. The Balaban J connectivity index is 1.83. The van der Waals surface area contributed by atoms with Crippen molar-refractivity contribution in [2.45, 2.75) is 38.5 Å². The molecular weight excluding hydrogens is 274 g/mol. The molecule has 2 rings (SSSR count). The van der Waals surface area contributed by atoms with Gasteiger partial charge in [0.25, 0.3) is 0 Å². The molecule has 1 aliphatic heterocycles. The number of ether oxygens (including phenoxy) is 2. The molecule has 5 heteroatoms. The van der Waals surface area contributed by atoms with Crippen LogP contribution in [0.15, 0.2) is 17.5 Å². The van der Waals surface area contributed by atoms with Crippen LogP contribution in [0, 0.1) is 0 Å². The Kier molecular flexibility index (Phi) is 6.45. The van der Waals surface area contributed by atoms with E-state index < -0.39 is 6.10 Å². The highest BCUT2D eigenvalue weighted by Gasteiger charge is 2.26. The second-order valence-electron chi connectivity index (χ2n) is 5.45. The predicted octanol–water partition coefficient (Wildman–Crippen LogP) is 2.30. The van der Waals surface area contributed by atoms with Crippen molar-refractivity contribution in [3.8, 4) is 0 Å². The first kappa shape index (κ1) is 15.9. The minimum absolute atomic E-state index is 0.270. The molecule has 2 atom stereocenters. The van der Waals surface area contributed by atoms with E-state index in [0.29, 0.717) is 6.61 Å². The van der Waals surface area contributed by atoms with Crippen LogP contribution < -0.4 is 0 Å². The Hall–Kier alpha value is -0.460. The van der Waals surface area contributed by atoms with Gasteiger partial charge in [0.1, 0.15) is 0 Å². The molecule has 0 saturated carbocycles. The van der Waals surface area contributed by atoms with E-state index in [1.54, 1.807) is 11.3 Å². The normalized spacial score (nSPS) is 22.3. The van der Waals surface area contributed by atoms with E-state index in [9.17, 15) is 5.11 Å². The first-order chi connectivity index (χ1) is 9.66. The SMILES string of the molecule is CC(C)OCCN1CCOCC1CC(O)c1cccs1. The average molecular weight is 299 g/mol. The van der Waals surface area contributed by atoms with Crippen molar-refractivity contribution in [2.75, 3.05) is 32.9 Å². The van der Waals surface area contributed by atoms with Crippen molar-refractivity contribution in [3.63, 3.8) is 0 Å². The zero-order chi connectivity index (χ0) is 14.4. The topological polar surface area (TPSA) is 41.9 Å². The lowest BCUT2D eigenvalue weighted by Crippen LogP contribution is -2.47. The minimum atomic E-state index is -0.393. The van der Waals surface area contributed by atoms with Crippen molar-refractivity contribution >= 4 is 11.3 Å². The Morgan fingerprint density at radius 1 is 1.55 bits per heavy atom. The van der Waals surface area contributed by atoms with Crippen molar-refractivity contribution < 1.29 is 14.6 Å². The number of aliphatic hydroxyl groups excluding tert-OH is 1. The molecule has 1 aliphatic rings. The Morgan fingerprint density at radius 3 is 3.10 bits per heavy atom. The van der Waals surface area contributed by atoms with E-state index >= 15 is 0 Å². The fourth-order valence-corrected chi connectivity index (χ4v) is 3.19. The van der Waals surface area contributed by atoms with Gasteiger partial charge in [0, 0.05) is 24.0 Å². The molecular formula is C15H25NO3S. The molecule has 1 fully saturated rings. The second-order valence-corrected chi connectivity index (χ2v) is 6.43. The molecule has 20 heavy (non-hydrogen) atoms. The molecule has 1 aromatic rings. The number of hydrogen-bond acceptors (Lipinski definition) is 5. The van der Waals surface area contributed by atoms with Gasteiger partial charge in [-0.05, 0) is 31.7 Å². The lowest BCUT2D eigenvalue weighted by Gasteiger charge is -2.36. The quantitative estimate of drug-likeness (QED) is 0.839. The molecule has 114 valence electrons. The van der Waals surface area contributed by atoms with Crippen LogP contribution in [-0.2, 0) is 9.47 Å². The predicted molar refractivity (Wildman–Crippen MR) is 81.2 cm³/mol. The summed E-state index contributed by atoms with van der Waals surface area (Å²) in [5.41, 5.74) is 0. The lowest BCUT2D eigenvalue weighted by atomic mass is 10.1. The maximum atomic E-state index is 10.3. The number of aliphatic hydroxyl groups is 1. The zero-order valence-electron chi connectivity index (χ0n) is 12.3. The van der Waals surface area contributed by atoms with E-state index in [2.05, 4.69) is 18.7 Å². The second kappa shape index (κ2) is 8.10. The monoisotopic (exact) mass is 299 g/mol. The third-order valence-corrected chi connectivity index (χ3v) is 4.52. The molecule has 4 nitrogen and oxygen atoms in total. The van der Waals surface area contributed by atoms with Gasteiger partial charge in [-0.3, -0.25) is 4.90 Å². The van der Waals surface area contributed by atoms with Crippen LogP contribution in [0.5, 0.6) is 0 Å². The van der Waals surface area contributed by atoms with Gasteiger partial charge in [0.15, 0.2) is 0 Å². The highest BCUT2D eigenvalue weighted by Crippen LogP contribution is 2.25. The lowest BCUT2D eigenvalue weighted by molar-refractivity contribution is -0.0406. The number of morpholine rings is 1. The average Bonchev–Trinajstić information content (AvgIpc) is 2.94. The van der Waals surface area contributed by atoms with Crippen LogP contribution >= 0.6 is 11.3 Å². The van der Waals surface area contributed by atoms with Gasteiger partial charge in [-0.1, -0.05) is 6.07 Å². The molecule has 2 heterocycles. The molecule has 1 N–H and O–H groups in total. The maximum absolute atomic E-state index is 10.3. The molecule has 2 unspecified atom stereocenters. The van der Waals surface area contributed by atoms with Gasteiger partial charge in [0.05, 0.1) is 32.0 Å². The van der Waals surface area contributed by atoms with Crippen LogP contribution in [0.4, 0.5) is 0 Å². The van der Waals surface area contributed by atoms with Crippen molar-refractivity contribution in [3.05, 3.63) is 22.4 Å². The molecule has 0 bridgehead atoms. The maximum Gasteiger partial charge on any atom is 0.0897 e. The summed E-state index contributed by atoms with van der Waals surface area (Å²) >= 11 is 1.61. The minimum Gasteiger partial charge on any atom is -0.388 e. The summed E-state index contributed by atoms with van der Waals surface area (Å²) in [6.07, 6.45) is 0.601. The number of nitrogens with zero attached hydrogens (tertiary/aromatic N) is 1. The zero-order valence-corrected chi connectivity index (χ0v) is 13.1. The van der Waals surface area contributed by atoms with Gasteiger partial charge < -0.3 is 14.6 Å². The Morgan fingerprint density at radius 2 is 2.40 bits per heavy atom. The van der Waals surface area contributed by atoms with Crippen LogP contribution in [0.3, 0.4) is 0 Å². The summed E-state index contributed by atoms with van der Waals surface area (Å²) in [4.78, 5) is 3.41. The summed E-state index contributed by atoms with van der Waals surface area (Å²) in [5.74, 6) is 0. The standard InChI is InChI=1S/C15H25NO3S/c1-12(2)19-8-6-16-5-7-18-11-13(16)10-14(17)15-4-3-9-20-15/h3-4,9,12-14,17H,5-8,10-11H2,1-2H3. The van der Waals surface area contributed by atoms with Gasteiger partial charge in [-0.15, -0.1) is 11.3 Å². The fraction of sp³-hybridized carbons (Fsp3) is 0.733. The molecule has 0 aliphatic carbocycles. The summed E-state index contributed by atoms with van der Waals surface area (Å²) in [6.45, 7) is 8.14. The Labute approximate surface area is 125 Å². The smallest absolute Gasteiger partial charge is 0.0897 e. The van der Waals surface area contributed by atoms with Crippen LogP contribution in [0.1, 0.15) is 31.2 Å². The van der Waals surface area contributed by atoms with Crippen LogP contribution in [0.2, 0.25) is 0 Å². The highest BCUT2D eigenvalue weighted by atomic mass is 32.1. The van der Waals surface area contributed by atoms with E-state index in [0.717, 1.165) is 37.6 Å². The summed E-state index contributed by atoms with van der Waals surface area (Å²) in [7, 11) is 0. The number of hydrogen-bond donors (Lipinski definition) is 1. The molecule has 1 aromatic heterocycles. The highest BCUT2D eigenvalue weighted by molar-refractivity contribution is 7.10. The molecule has 0 radical (unpaired) electrons. The molecule has 0 aromatic carbocycles. The number of rotatable bonds is 7. The van der Waals surface area contributed by atoms with Gasteiger partial charge in [-0.25, -0.2) is 0 Å². The summed E-state index contributed by atoms with van der Waals surface area (Å²) < 4.78 is 11.2. The van der Waals surface area contributed by atoms with E-state index in [-0.39, 0.29) is 12.1 Å². The largest absolute Gasteiger partial charge is 0.388 e. The molecule has 1 saturated heterocycles. The van der Waals surface area contributed by atoms with Crippen LogP contribution in [-0.4, -0.2) is 55.1 Å². The number of thiophene rings is 1. The van der Waals surface area contributed by atoms with Crippen LogP contribution in [0.25, 0.3) is 0 Å². The van der Waals surface area contributed by atoms with Gasteiger partial charge in [-0.2, -0.15) is 0 Å². The fourth-order valence-electron chi connectivity index (χ4n) is 2.46. The molecule has 0 amide bonds. The third-order valence-electron chi connectivity index (χ3n) is 3.55. The van der Waals surface area contributed by atoms with E-state index in [1.165, 1.54) is 0 Å². The van der Waals surface area contributed by atoms with Gasteiger partial charge in [0.2, 0.25) is 0 Å². The van der Waals surface area contributed by atoms with Gasteiger partial charge >= 0.3 is 0 Å². The van der Waals surface area contributed by atoms with E-state index in [4.69, 9.17) is 9.47 Å². The first-order valence-corrected chi connectivity index (χ1v) is 8.19. The summed E-state index contributed by atoms with van der Waals surface area (Å²) in [6, 6.07) is 4.25. The van der Waals surface area contributed by atoms with Crippen molar-refractivity contribution in [2.24, 2.45) is 0 Å². The first-order valence-electron chi connectivity index (χ1n) is 7.31. The van der Waals surface area contributed by atoms with Crippen molar-refractivity contribution in [1.29, 1.82) is 0 Å². The van der Waals surface area contributed by atoms with Crippen molar-refractivity contribution in [1.82, 2.24) is 4.90 Å². The molecule has 0 spiro atoms. The van der Waals surface area contributed by atoms with E-state index in [1.807, 2.05) is 17.5 Å².